The number of hydrogen-bond donors (Lipinski definition) is 2. The van der Waals surface area contributed by atoms with Gasteiger partial charge in [0, 0.05) is 12.6 Å². The summed E-state index contributed by atoms with van der Waals surface area (Å²) in [6.07, 6.45) is 2.66. The second-order valence-electron chi connectivity index (χ2n) is 5.64. The molecule has 4 heteroatoms. The van der Waals surface area contributed by atoms with Crippen LogP contribution < -0.4 is 10.1 Å². The SMILES string of the molecule is Cc1ccccc1OCCNC(C)CCCC(C)C(=O)O. The second kappa shape index (κ2) is 9.40. The van der Waals surface area contributed by atoms with Gasteiger partial charge in [-0.3, -0.25) is 4.79 Å². The Bertz CT molecular complexity index is 434. The molecule has 0 aliphatic carbocycles. The molecule has 0 amide bonds. The van der Waals surface area contributed by atoms with E-state index in [1.807, 2.05) is 31.2 Å². The average Bonchev–Trinajstić information content (AvgIpc) is 2.45. The van der Waals surface area contributed by atoms with Gasteiger partial charge in [0.25, 0.3) is 0 Å². The standard InChI is InChI=1S/C17H27NO3/c1-13-7-4-5-10-16(13)21-12-11-18-15(3)9-6-8-14(2)17(19)20/h4-5,7,10,14-15,18H,6,8-9,11-12H2,1-3H3,(H,19,20). The zero-order chi connectivity index (χ0) is 15.7. The molecule has 1 rings (SSSR count). The Labute approximate surface area is 127 Å². The van der Waals surface area contributed by atoms with Crippen LogP contribution in [-0.4, -0.2) is 30.3 Å². The fourth-order valence-electron chi connectivity index (χ4n) is 2.14. The van der Waals surface area contributed by atoms with Gasteiger partial charge < -0.3 is 15.2 Å². The highest BCUT2D eigenvalue weighted by Crippen LogP contribution is 2.15. The monoisotopic (exact) mass is 293 g/mol. The molecule has 0 bridgehead atoms. The number of carbonyl (C=O) groups is 1. The average molecular weight is 293 g/mol. The fourth-order valence-corrected chi connectivity index (χ4v) is 2.14. The number of benzene rings is 1. The third-order valence-corrected chi connectivity index (χ3v) is 3.64. The van der Waals surface area contributed by atoms with Crippen molar-refractivity contribution in [3.05, 3.63) is 29.8 Å². The minimum absolute atomic E-state index is 0.249. The van der Waals surface area contributed by atoms with Crippen LogP contribution in [0.5, 0.6) is 5.75 Å². The van der Waals surface area contributed by atoms with Crippen LogP contribution in [-0.2, 0) is 4.79 Å². The van der Waals surface area contributed by atoms with E-state index in [1.165, 1.54) is 0 Å². The molecule has 1 aromatic rings. The van der Waals surface area contributed by atoms with Crippen LogP contribution >= 0.6 is 0 Å². The molecule has 1 aromatic carbocycles. The van der Waals surface area contributed by atoms with E-state index in [0.29, 0.717) is 12.6 Å². The smallest absolute Gasteiger partial charge is 0.306 e. The lowest BCUT2D eigenvalue weighted by Crippen LogP contribution is -2.30. The minimum atomic E-state index is -0.706. The first-order chi connectivity index (χ1) is 10.0. The van der Waals surface area contributed by atoms with Gasteiger partial charge >= 0.3 is 5.97 Å². The molecule has 0 spiro atoms. The van der Waals surface area contributed by atoms with E-state index in [9.17, 15) is 4.79 Å². The van der Waals surface area contributed by atoms with Gasteiger partial charge in [-0.05, 0) is 38.3 Å². The summed E-state index contributed by atoms with van der Waals surface area (Å²) < 4.78 is 5.72. The number of hydrogen-bond acceptors (Lipinski definition) is 3. The molecule has 0 aliphatic rings. The Hall–Kier alpha value is -1.55. The van der Waals surface area contributed by atoms with Crippen molar-refractivity contribution in [3.8, 4) is 5.75 Å². The largest absolute Gasteiger partial charge is 0.492 e. The number of para-hydroxylation sites is 1. The van der Waals surface area contributed by atoms with Crippen molar-refractivity contribution in [3.63, 3.8) is 0 Å². The molecular weight excluding hydrogens is 266 g/mol. The van der Waals surface area contributed by atoms with Crippen molar-refractivity contribution in [2.75, 3.05) is 13.2 Å². The number of ether oxygens (including phenoxy) is 1. The summed E-state index contributed by atoms with van der Waals surface area (Å²) in [5.41, 5.74) is 1.15. The number of aryl methyl sites for hydroxylation is 1. The first-order valence-corrected chi connectivity index (χ1v) is 7.65. The van der Waals surface area contributed by atoms with Crippen molar-refractivity contribution in [1.82, 2.24) is 5.32 Å². The predicted molar refractivity (Wildman–Crippen MR) is 84.8 cm³/mol. The molecule has 2 atom stereocenters. The van der Waals surface area contributed by atoms with Crippen molar-refractivity contribution >= 4 is 5.97 Å². The van der Waals surface area contributed by atoms with Crippen molar-refractivity contribution < 1.29 is 14.6 Å². The van der Waals surface area contributed by atoms with E-state index in [2.05, 4.69) is 12.2 Å². The minimum Gasteiger partial charge on any atom is -0.492 e. The number of rotatable bonds is 10. The first kappa shape index (κ1) is 17.5. The summed E-state index contributed by atoms with van der Waals surface area (Å²) in [4.78, 5) is 10.7. The molecular formula is C17H27NO3. The van der Waals surface area contributed by atoms with Crippen LogP contribution in [0.2, 0.25) is 0 Å². The zero-order valence-corrected chi connectivity index (χ0v) is 13.3. The van der Waals surface area contributed by atoms with Gasteiger partial charge in [-0.2, -0.15) is 0 Å². The highest BCUT2D eigenvalue weighted by molar-refractivity contribution is 5.69. The molecule has 2 unspecified atom stereocenters. The van der Waals surface area contributed by atoms with E-state index < -0.39 is 5.97 Å². The van der Waals surface area contributed by atoms with Crippen LogP contribution in [0.15, 0.2) is 24.3 Å². The topological polar surface area (TPSA) is 58.6 Å². The highest BCUT2D eigenvalue weighted by atomic mass is 16.5. The third kappa shape index (κ3) is 7.14. The number of aliphatic carboxylic acids is 1. The van der Waals surface area contributed by atoms with Crippen molar-refractivity contribution in [2.45, 2.75) is 46.1 Å². The molecule has 0 fully saturated rings. The summed E-state index contributed by atoms with van der Waals surface area (Å²) in [6, 6.07) is 8.37. The highest BCUT2D eigenvalue weighted by Gasteiger charge is 2.11. The van der Waals surface area contributed by atoms with E-state index >= 15 is 0 Å². The van der Waals surface area contributed by atoms with Crippen LogP contribution in [0.4, 0.5) is 0 Å². The van der Waals surface area contributed by atoms with E-state index in [-0.39, 0.29) is 5.92 Å². The summed E-state index contributed by atoms with van der Waals surface area (Å²) in [5.74, 6) is -0.0222. The normalized spacial score (nSPS) is 13.7. The zero-order valence-electron chi connectivity index (χ0n) is 13.3. The summed E-state index contributed by atoms with van der Waals surface area (Å²) >= 11 is 0. The van der Waals surface area contributed by atoms with Gasteiger partial charge in [-0.15, -0.1) is 0 Å². The molecule has 0 heterocycles. The fraction of sp³-hybridized carbons (Fsp3) is 0.588. The summed E-state index contributed by atoms with van der Waals surface area (Å²) in [7, 11) is 0. The molecule has 2 N–H and O–H groups in total. The Balaban J connectivity index is 2.10. The number of carboxylic acids is 1. The van der Waals surface area contributed by atoms with Crippen molar-refractivity contribution in [2.24, 2.45) is 5.92 Å². The summed E-state index contributed by atoms with van der Waals surface area (Å²) in [5, 5.41) is 12.2. The lowest BCUT2D eigenvalue weighted by molar-refractivity contribution is -0.141. The first-order valence-electron chi connectivity index (χ1n) is 7.65. The Morgan fingerprint density at radius 2 is 2.00 bits per heavy atom. The van der Waals surface area contributed by atoms with Gasteiger partial charge in [-0.1, -0.05) is 31.5 Å². The summed E-state index contributed by atoms with van der Waals surface area (Å²) in [6.45, 7) is 7.36. The Morgan fingerprint density at radius 1 is 1.29 bits per heavy atom. The van der Waals surface area contributed by atoms with Crippen LogP contribution in [0.1, 0.15) is 38.7 Å². The van der Waals surface area contributed by atoms with Crippen LogP contribution in [0.3, 0.4) is 0 Å². The Kier molecular flexibility index (Phi) is 7.83. The molecule has 118 valence electrons. The molecule has 0 saturated heterocycles. The molecule has 0 radical (unpaired) electrons. The van der Waals surface area contributed by atoms with Gasteiger partial charge in [0.2, 0.25) is 0 Å². The molecule has 21 heavy (non-hydrogen) atoms. The molecule has 0 aliphatic heterocycles. The van der Waals surface area contributed by atoms with E-state index in [1.54, 1.807) is 6.92 Å². The quantitative estimate of drug-likeness (QED) is 0.650. The maximum Gasteiger partial charge on any atom is 0.306 e. The maximum absolute atomic E-state index is 10.7. The van der Waals surface area contributed by atoms with Gasteiger partial charge in [-0.25, -0.2) is 0 Å². The van der Waals surface area contributed by atoms with E-state index in [4.69, 9.17) is 9.84 Å². The maximum atomic E-state index is 10.7. The van der Waals surface area contributed by atoms with Gasteiger partial charge in [0.05, 0.1) is 5.92 Å². The molecule has 0 saturated carbocycles. The lowest BCUT2D eigenvalue weighted by atomic mass is 10.0. The number of nitrogens with one attached hydrogen (secondary N) is 1. The third-order valence-electron chi connectivity index (χ3n) is 3.64. The van der Waals surface area contributed by atoms with Gasteiger partial charge in [0.15, 0.2) is 0 Å². The number of carboxylic acid groups (broad SMARTS) is 1. The van der Waals surface area contributed by atoms with Crippen LogP contribution in [0, 0.1) is 12.8 Å². The Morgan fingerprint density at radius 3 is 2.67 bits per heavy atom. The lowest BCUT2D eigenvalue weighted by Gasteiger charge is -2.15. The molecule has 0 aromatic heterocycles. The molecule has 4 nitrogen and oxygen atoms in total. The van der Waals surface area contributed by atoms with Gasteiger partial charge in [0.1, 0.15) is 12.4 Å². The van der Waals surface area contributed by atoms with Crippen molar-refractivity contribution in [1.29, 1.82) is 0 Å². The van der Waals surface area contributed by atoms with Crippen LogP contribution in [0.25, 0.3) is 0 Å². The predicted octanol–water partition coefficient (Wildman–Crippen LogP) is 3.24. The van der Waals surface area contributed by atoms with E-state index in [0.717, 1.165) is 37.1 Å². The second-order valence-corrected chi connectivity index (χ2v) is 5.64.